The lowest BCUT2D eigenvalue weighted by Gasteiger charge is -2.19. The van der Waals surface area contributed by atoms with Crippen molar-refractivity contribution in [1.82, 2.24) is 10.3 Å². The van der Waals surface area contributed by atoms with Gasteiger partial charge in [0.2, 0.25) is 0 Å². The molecule has 112 valence electrons. The third kappa shape index (κ3) is 3.94. The van der Waals surface area contributed by atoms with Crippen LogP contribution in [0.25, 0.3) is 10.9 Å². The van der Waals surface area contributed by atoms with E-state index in [-0.39, 0.29) is 11.9 Å². The molecule has 0 aliphatic heterocycles. The van der Waals surface area contributed by atoms with E-state index in [1.54, 1.807) is 13.1 Å². The molecule has 1 N–H and O–H groups in total. The zero-order valence-corrected chi connectivity index (χ0v) is 12.8. The first kappa shape index (κ1) is 15.3. The second-order valence-electron chi connectivity index (χ2n) is 5.15. The van der Waals surface area contributed by atoms with Gasteiger partial charge in [0.25, 0.3) is 5.91 Å². The molecule has 1 aromatic carbocycles. The fourth-order valence-corrected chi connectivity index (χ4v) is 2.18. The SMILES string of the molecule is CCC(CC)NC(=O)C(C)Oc1cnc2ccccc2c1. The molecular formula is C17H22N2O2. The maximum Gasteiger partial charge on any atom is 0.260 e. The van der Waals surface area contributed by atoms with Crippen LogP contribution in [0.1, 0.15) is 33.6 Å². The molecule has 1 aromatic heterocycles. The fourth-order valence-electron chi connectivity index (χ4n) is 2.18. The standard InChI is InChI=1S/C17H22N2O2/c1-4-14(5-2)19-17(20)12(3)21-15-10-13-8-6-7-9-16(13)18-11-15/h6-12,14H,4-5H2,1-3H3,(H,19,20). The molecule has 0 fully saturated rings. The van der Waals surface area contributed by atoms with Crippen LogP contribution in [0.5, 0.6) is 5.75 Å². The number of aromatic nitrogens is 1. The number of hydrogen-bond acceptors (Lipinski definition) is 3. The Balaban J connectivity index is 2.03. The maximum absolute atomic E-state index is 12.1. The van der Waals surface area contributed by atoms with Gasteiger partial charge in [-0.1, -0.05) is 32.0 Å². The molecule has 1 atom stereocenters. The van der Waals surface area contributed by atoms with Crippen LogP contribution in [0, 0.1) is 0 Å². The van der Waals surface area contributed by atoms with Crippen molar-refractivity contribution in [3.05, 3.63) is 36.5 Å². The average Bonchev–Trinajstić information content (AvgIpc) is 2.52. The Bertz CT molecular complexity index is 609. The van der Waals surface area contributed by atoms with E-state index >= 15 is 0 Å². The molecule has 1 heterocycles. The summed E-state index contributed by atoms with van der Waals surface area (Å²) in [6.07, 6.45) is 2.97. The van der Waals surface area contributed by atoms with Gasteiger partial charge in [-0.3, -0.25) is 9.78 Å². The Labute approximate surface area is 125 Å². The van der Waals surface area contributed by atoms with E-state index in [4.69, 9.17) is 4.74 Å². The molecule has 0 saturated carbocycles. The minimum absolute atomic E-state index is 0.0862. The smallest absolute Gasteiger partial charge is 0.260 e. The number of pyridine rings is 1. The third-order valence-corrected chi connectivity index (χ3v) is 3.58. The van der Waals surface area contributed by atoms with Crippen LogP contribution < -0.4 is 10.1 Å². The van der Waals surface area contributed by atoms with Crippen LogP contribution in [0.3, 0.4) is 0 Å². The van der Waals surface area contributed by atoms with Crippen molar-refractivity contribution in [3.63, 3.8) is 0 Å². The van der Waals surface area contributed by atoms with Crippen molar-refractivity contribution in [2.24, 2.45) is 0 Å². The van der Waals surface area contributed by atoms with Crippen LogP contribution in [0.15, 0.2) is 36.5 Å². The predicted octanol–water partition coefficient (Wildman–Crippen LogP) is 3.31. The molecule has 0 aliphatic carbocycles. The summed E-state index contributed by atoms with van der Waals surface area (Å²) in [5, 5.41) is 3.99. The van der Waals surface area contributed by atoms with Crippen LogP contribution in [0.4, 0.5) is 0 Å². The maximum atomic E-state index is 12.1. The molecule has 0 radical (unpaired) electrons. The first-order valence-corrected chi connectivity index (χ1v) is 7.45. The molecule has 1 amide bonds. The van der Waals surface area contributed by atoms with Crippen molar-refractivity contribution in [3.8, 4) is 5.75 Å². The van der Waals surface area contributed by atoms with Gasteiger partial charge in [0.05, 0.1) is 11.7 Å². The molecule has 0 saturated heterocycles. The van der Waals surface area contributed by atoms with Gasteiger partial charge >= 0.3 is 0 Å². The Morgan fingerprint density at radius 3 is 2.71 bits per heavy atom. The number of benzene rings is 1. The first-order valence-electron chi connectivity index (χ1n) is 7.45. The highest BCUT2D eigenvalue weighted by Crippen LogP contribution is 2.19. The van der Waals surface area contributed by atoms with E-state index in [2.05, 4.69) is 24.1 Å². The molecule has 1 unspecified atom stereocenters. The number of fused-ring (bicyclic) bond motifs is 1. The summed E-state index contributed by atoms with van der Waals surface area (Å²) in [4.78, 5) is 16.4. The number of hydrogen-bond donors (Lipinski definition) is 1. The van der Waals surface area contributed by atoms with Crippen molar-refractivity contribution < 1.29 is 9.53 Å². The van der Waals surface area contributed by atoms with Crippen molar-refractivity contribution in [2.45, 2.75) is 45.8 Å². The van der Waals surface area contributed by atoms with Gasteiger partial charge in [-0.05, 0) is 31.9 Å². The van der Waals surface area contributed by atoms with Crippen LogP contribution >= 0.6 is 0 Å². The van der Waals surface area contributed by atoms with E-state index in [0.29, 0.717) is 5.75 Å². The molecule has 4 nitrogen and oxygen atoms in total. The summed E-state index contributed by atoms with van der Waals surface area (Å²) >= 11 is 0. The van der Waals surface area contributed by atoms with E-state index in [1.807, 2.05) is 30.3 Å². The highest BCUT2D eigenvalue weighted by molar-refractivity contribution is 5.82. The number of nitrogens with one attached hydrogen (secondary N) is 1. The number of carbonyl (C=O) groups is 1. The predicted molar refractivity (Wildman–Crippen MR) is 84.3 cm³/mol. The fraction of sp³-hybridized carbons (Fsp3) is 0.412. The molecule has 2 aromatic rings. The van der Waals surface area contributed by atoms with E-state index in [1.165, 1.54) is 0 Å². The largest absolute Gasteiger partial charge is 0.479 e. The molecule has 0 bridgehead atoms. The summed E-state index contributed by atoms with van der Waals surface area (Å²) in [6.45, 7) is 5.88. The number of amides is 1. The monoisotopic (exact) mass is 286 g/mol. The highest BCUT2D eigenvalue weighted by atomic mass is 16.5. The molecule has 2 rings (SSSR count). The summed E-state index contributed by atoms with van der Waals surface area (Å²) in [5.74, 6) is 0.526. The number of nitrogens with zero attached hydrogens (tertiary/aromatic N) is 1. The number of carbonyl (C=O) groups excluding carboxylic acids is 1. The van der Waals surface area contributed by atoms with Gasteiger partial charge in [-0.15, -0.1) is 0 Å². The van der Waals surface area contributed by atoms with E-state index in [0.717, 1.165) is 23.7 Å². The molecule has 4 heteroatoms. The normalized spacial score (nSPS) is 12.4. The quantitative estimate of drug-likeness (QED) is 0.886. The molecule has 0 aliphatic rings. The van der Waals surface area contributed by atoms with Crippen LogP contribution in [-0.2, 0) is 4.79 Å². The summed E-state index contributed by atoms with van der Waals surface area (Å²) < 4.78 is 5.70. The number of para-hydroxylation sites is 1. The lowest BCUT2D eigenvalue weighted by molar-refractivity contribution is -0.128. The Hall–Kier alpha value is -2.10. The third-order valence-electron chi connectivity index (χ3n) is 3.58. The van der Waals surface area contributed by atoms with E-state index < -0.39 is 6.10 Å². The zero-order chi connectivity index (χ0) is 15.2. The van der Waals surface area contributed by atoms with Gasteiger partial charge < -0.3 is 10.1 Å². The highest BCUT2D eigenvalue weighted by Gasteiger charge is 2.17. The lowest BCUT2D eigenvalue weighted by Crippen LogP contribution is -2.42. The van der Waals surface area contributed by atoms with Gasteiger partial charge in [-0.2, -0.15) is 0 Å². The average molecular weight is 286 g/mol. The minimum Gasteiger partial charge on any atom is -0.479 e. The topological polar surface area (TPSA) is 51.2 Å². The zero-order valence-electron chi connectivity index (χ0n) is 12.8. The van der Waals surface area contributed by atoms with Gasteiger partial charge in [0.15, 0.2) is 6.10 Å². The van der Waals surface area contributed by atoms with Gasteiger partial charge in [0, 0.05) is 11.4 Å². The Kier molecular flexibility index (Phi) is 5.14. The molecule has 21 heavy (non-hydrogen) atoms. The molecule has 0 spiro atoms. The lowest BCUT2D eigenvalue weighted by atomic mass is 10.1. The van der Waals surface area contributed by atoms with Crippen molar-refractivity contribution in [1.29, 1.82) is 0 Å². The number of rotatable bonds is 6. The van der Waals surface area contributed by atoms with E-state index in [9.17, 15) is 4.79 Å². The summed E-state index contributed by atoms with van der Waals surface area (Å²) in [7, 11) is 0. The second-order valence-corrected chi connectivity index (χ2v) is 5.15. The minimum atomic E-state index is -0.534. The van der Waals surface area contributed by atoms with Crippen LogP contribution in [-0.4, -0.2) is 23.0 Å². The first-order chi connectivity index (χ1) is 10.1. The van der Waals surface area contributed by atoms with Gasteiger partial charge in [0.1, 0.15) is 5.75 Å². The Morgan fingerprint density at radius 1 is 1.29 bits per heavy atom. The van der Waals surface area contributed by atoms with Gasteiger partial charge in [-0.25, -0.2) is 0 Å². The Morgan fingerprint density at radius 2 is 2.00 bits per heavy atom. The van der Waals surface area contributed by atoms with Crippen molar-refractivity contribution >= 4 is 16.8 Å². The summed E-state index contributed by atoms with van der Waals surface area (Å²) in [5.41, 5.74) is 0.916. The molecular weight excluding hydrogens is 264 g/mol. The number of ether oxygens (including phenoxy) is 1. The summed E-state index contributed by atoms with van der Waals surface area (Å²) in [6, 6.07) is 9.94. The van der Waals surface area contributed by atoms with Crippen LogP contribution in [0.2, 0.25) is 0 Å². The van der Waals surface area contributed by atoms with Crippen molar-refractivity contribution in [2.75, 3.05) is 0 Å². The second kappa shape index (κ2) is 7.07.